The molecule has 0 saturated heterocycles. The Balaban J connectivity index is 1.82. The highest BCUT2D eigenvalue weighted by Gasteiger charge is 2.23. The second kappa shape index (κ2) is 4.53. The Kier molecular flexibility index (Phi) is 2.87. The lowest BCUT2D eigenvalue weighted by atomic mass is 9.88. The number of thiophene rings is 1. The number of amides is 1. The molecule has 94 valence electrons. The Morgan fingerprint density at radius 3 is 3.28 bits per heavy atom. The van der Waals surface area contributed by atoms with Gasteiger partial charge in [0.05, 0.1) is 5.56 Å². The van der Waals surface area contributed by atoms with E-state index in [2.05, 4.69) is 27.4 Å². The Labute approximate surface area is 109 Å². The first-order chi connectivity index (χ1) is 8.74. The summed E-state index contributed by atoms with van der Waals surface area (Å²) in [6, 6.07) is 0. The summed E-state index contributed by atoms with van der Waals surface area (Å²) in [7, 11) is 0. The zero-order chi connectivity index (χ0) is 12.5. The van der Waals surface area contributed by atoms with Crippen molar-refractivity contribution in [3.05, 3.63) is 27.7 Å². The number of H-pyrrole nitrogens is 1. The van der Waals surface area contributed by atoms with Crippen LogP contribution < -0.4 is 5.32 Å². The van der Waals surface area contributed by atoms with E-state index in [-0.39, 0.29) is 5.91 Å². The molecule has 0 aromatic carbocycles. The van der Waals surface area contributed by atoms with Gasteiger partial charge in [0, 0.05) is 10.3 Å². The van der Waals surface area contributed by atoms with Crippen LogP contribution >= 0.6 is 11.3 Å². The van der Waals surface area contributed by atoms with Crippen LogP contribution in [0, 0.1) is 5.92 Å². The number of fused-ring (bicyclic) bond motifs is 1. The number of carbonyl (C=O) groups is 1. The zero-order valence-electron chi connectivity index (χ0n) is 10.1. The van der Waals surface area contributed by atoms with Crippen LogP contribution in [0.15, 0.2) is 11.7 Å². The molecule has 1 amide bonds. The molecule has 1 aliphatic carbocycles. The fraction of sp³-hybridized carbons (Fsp3) is 0.417. The van der Waals surface area contributed by atoms with E-state index in [9.17, 15) is 4.79 Å². The van der Waals surface area contributed by atoms with Crippen LogP contribution in [0.4, 0.5) is 5.95 Å². The third kappa shape index (κ3) is 2.03. The van der Waals surface area contributed by atoms with Crippen molar-refractivity contribution in [3.8, 4) is 0 Å². The Bertz CT molecular complexity index is 561. The van der Waals surface area contributed by atoms with E-state index < -0.39 is 0 Å². The highest BCUT2D eigenvalue weighted by Crippen LogP contribution is 2.32. The fourth-order valence-corrected chi connectivity index (χ4v) is 3.55. The maximum atomic E-state index is 12.1. The van der Waals surface area contributed by atoms with Crippen LogP contribution in [0.3, 0.4) is 0 Å². The summed E-state index contributed by atoms with van der Waals surface area (Å²) in [6.45, 7) is 2.26. The quantitative estimate of drug-likeness (QED) is 0.872. The second-order valence-corrected chi connectivity index (χ2v) is 5.65. The lowest BCUT2D eigenvalue weighted by Crippen LogP contribution is -2.17. The Morgan fingerprint density at radius 2 is 2.50 bits per heavy atom. The Morgan fingerprint density at radius 1 is 1.61 bits per heavy atom. The number of hydrogen-bond donors (Lipinski definition) is 2. The van der Waals surface area contributed by atoms with Gasteiger partial charge in [0.1, 0.15) is 6.33 Å². The van der Waals surface area contributed by atoms with E-state index in [1.807, 2.05) is 5.38 Å². The van der Waals surface area contributed by atoms with Crippen molar-refractivity contribution in [3.63, 3.8) is 0 Å². The van der Waals surface area contributed by atoms with Gasteiger partial charge in [-0.2, -0.15) is 10.1 Å². The monoisotopic (exact) mass is 262 g/mol. The molecule has 1 aliphatic rings. The lowest BCUT2D eigenvalue weighted by molar-refractivity contribution is 0.102. The molecule has 2 aromatic rings. The van der Waals surface area contributed by atoms with Crippen molar-refractivity contribution < 1.29 is 4.79 Å². The highest BCUT2D eigenvalue weighted by molar-refractivity contribution is 7.10. The molecule has 3 rings (SSSR count). The number of aromatic nitrogens is 3. The number of carbonyl (C=O) groups excluding carboxylic acids is 1. The third-order valence-electron chi connectivity index (χ3n) is 3.29. The smallest absolute Gasteiger partial charge is 0.259 e. The predicted molar refractivity (Wildman–Crippen MR) is 69.8 cm³/mol. The van der Waals surface area contributed by atoms with Gasteiger partial charge in [-0.25, -0.2) is 5.10 Å². The summed E-state index contributed by atoms with van der Waals surface area (Å²) in [6.07, 6.45) is 4.63. The molecule has 5 nitrogen and oxygen atoms in total. The number of nitrogens with one attached hydrogen (secondary N) is 2. The number of hydrogen-bond acceptors (Lipinski definition) is 4. The molecule has 0 spiro atoms. The van der Waals surface area contributed by atoms with Crippen LogP contribution in [-0.4, -0.2) is 21.1 Å². The topological polar surface area (TPSA) is 70.7 Å². The lowest BCUT2D eigenvalue weighted by Gasteiger charge is -2.18. The predicted octanol–water partition coefficient (Wildman–Crippen LogP) is 2.24. The summed E-state index contributed by atoms with van der Waals surface area (Å²) in [4.78, 5) is 17.4. The molecule has 0 unspecified atom stereocenters. The summed E-state index contributed by atoms with van der Waals surface area (Å²) in [5, 5.41) is 11.0. The van der Waals surface area contributed by atoms with Gasteiger partial charge < -0.3 is 0 Å². The number of rotatable bonds is 2. The van der Waals surface area contributed by atoms with Crippen molar-refractivity contribution in [2.75, 3.05) is 5.32 Å². The molecule has 2 N–H and O–H groups in total. The molecule has 0 bridgehead atoms. The first-order valence-electron chi connectivity index (χ1n) is 6.00. The van der Waals surface area contributed by atoms with E-state index in [4.69, 9.17) is 0 Å². The van der Waals surface area contributed by atoms with Gasteiger partial charge >= 0.3 is 0 Å². The van der Waals surface area contributed by atoms with Gasteiger partial charge in [-0.15, -0.1) is 11.3 Å². The molecule has 0 saturated carbocycles. The van der Waals surface area contributed by atoms with Crippen molar-refractivity contribution in [2.45, 2.75) is 26.2 Å². The first-order valence-corrected chi connectivity index (χ1v) is 6.88. The van der Waals surface area contributed by atoms with Crippen molar-refractivity contribution in [1.82, 2.24) is 15.2 Å². The molecule has 0 fully saturated rings. The summed E-state index contributed by atoms with van der Waals surface area (Å²) in [5.74, 6) is 1.02. The minimum Gasteiger partial charge on any atom is -0.291 e. The normalized spacial score (nSPS) is 18.4. The number of anilines is 1. The maximum absolute atomic E-state index is 12.1. The van der Waals surface area contributed by atoms with E-state index >= 15 is 0 Å². The second-order valence-electron chi connectivity index (χ2n) is 4.69. The summed E-state index contributed by atoms with van der Waals surface area (Å²) >= 11 is 1.69. The van der Waals surface area contributed by atoms with Gasteiger partial charge in [0.2, 0.25) is 5.95 Å². The first kappa shape index (κ1) is 11.4. The average Bonchev–Trinajstić information content (AvgIpc) is 2.97. The average molecular weight is 262 g/mol. The Hall–Kier alpha value is -1.69. The SMILES string of the molecule is C[C@H]1CCc2c(C(=O)Nc3ncn[nH]3)csc2C1. The number of nitrogens with zero attached hydrogens (tertiary/aromatic N) is 2. The zero-order valence-corrected chi connectivity index (χ0v) is 10.9. The van der Waals surface area contributed by atoms with Gasteiger partial charge in [-0.3, -0.25) is 10.1 Å². The van der Waals surface area contributed by atoms with Gasteiger partial charge in [-0.1, -0.05) is 6.92 Å². The molecular formula is C12H14N4OS. The molecule has 2 heterocycles. The third-order valence-corrected chi connectivity index (χ3v) is 4.34. The van der Waals surface area contributed by atoms with Crippen LogP contribution in [0.25, 0.3) is 0 Å². The summed E-state index contributed by atoms with van der Waals surface area (Å²) < 4.78 is 0. The molecule has 0 aliphatic heterocycles. The van der Waals surface area contributed by atoms with E-state index in [1.54, 1.807) is 11.3 Å². The summed E-state index contributed by atoms with van der Waals surface area (Å²) in [5.41, 5.74) is 2.01. The van der Waals surface area contributed by atoms with Crippen LogP contribution in [0.1, 0.15) is 34.1 Å². The van der Waals surface area contributed by atoms with E-state index in [0.29, 0.717) is 5.95 Å². The van der Waals surface area contributed by atoms with Crippen molar-refractivity contribution in [2.24, 2.45) is 5.92 Å². The minimum absolute atomic E-state index is 0.0983. The maximum Gasteiger partial charge on any atom is 0.259 e. The van der Waals surface area contributed by atoms with E-state index in [0.717, 1.165) is 30.7 Å². The van der Waals surface area contributed by atoms with Gasteiger partial charge in [0.25, 0.3) is 5.91 Å². The standard InChI is InChI=1S/C12H14N4OS/c1-7-2-3-8-9(5-18-10(8)4-7)11(17)15-12-13-6-14-16-12/h5-7H,2-4H2,1H3,(H2,13,14,15,16,17)/t7-/m0/s1. The van der Waals surface area contributed by atoms with Gasteiger partial charge in [-0.05, 0) is 30.7 Å². The molecule has 2 aromatic heterocycles. The molecule has 1 atom stereocenters. The fourth-order valence-electron chi connectivity index (χ4n) is 2.31. The van der Waals surface area contributed by atoms with Crippen LogP contribution in [0.5, 0.6) is 0 Å². The van der Waals surface area contributed by atoms with E-state index in [1.165, 1.54) is 16.8 Å². The van der Waals surface area contributed by atoms with Crippen LogP contribution in [-0.2, 0) is 12.8 Å². The molecule has 18 heavy (non-hydrogen) atoms. The minimum atomic E-state index is -0.0983. The number of aromatic amines is 1. The largest absolute Gasteiger partial charge is 0.291 e. The molecule has 6 heteroatoms. The van der Waals surface area contributed by atoms with Gasteiger partial charge in [0.15, 0.2) is 0 Å². The molecule has 0 radical (unpaired) electrons. The van der Waals surface area contributed by atoms with Crippen molar-refractivity contribution >= 4 is 23.2 Å². The highest BCUT2D eigenvalue weighted by atomic mass is 32.1. The molecular weight excluding hydrogens is 248 g/mol. The van der Waals surface area contributed by atoms with Crippen molar-refractivity contribution in [1.29, 1.82) is 0 Å². The van der Waals surface area contributed by atoms with Crippen LogP contribution in [0.2, 0.25) is 0 Å².